The number of phenols is 1. The maximum absolute atomic E-state index is 12.0. The Bertz CT molecular complexity index is 737. The fourth-order valence-electron chi connectivity index (χ4n) is 2.44. The Kier molecular flexibility index (Phi) is 5.95. The van der Waals surface area contributed by atoms with Gasteiger partial charge in [-0.1, -0.05) is 17.7 Å². The molecule has 0 aliphatic rings. The van der Waals surface area contributed by atoms with Crippen LogP contribution in [0.2, 0.25) is 0 Å². The first-order valence-corrected chi connectivity index (χ1v) is 8.03. The van der Waals surface area contributed by atoms with E-state index in [0.717, 1.165) is 24.3 Å². The van der Waals surface area contributed by atoms with Crippen molar-refractivity contribution in [2.45, 2.75) is 20.8 Å². The van der Waals surface area contributed by atoms with Crippen LogP contribution < -0.4 is 10.3 Å². The summed E-state index contributed by atoms with van der Waals surface area (Å²) >= 11 is 0. The van der Waals surface area contributed by atoms with Crippen LogP contribution in [0.3, 0.4) is 0 Å². The average Bonchev–Trinajstić information content (AvgIpc) is 2.57. The minimum atomic E-state index is -0.283. The maximum Gasteiger partial charge on any atom is 0.271 e. The number of rotatable bonds is 6. The van der Waals surface area contributed by atoms with E-state index >= 15 is 0 Å². The number of aryl methyl sites for hydroxylation is 1. The molecule has 2 N–H and O–H groups in total. The molecule has 0 aromatic heterocycles. The van der Waals surface area contributed by atoms with Gasteiger partial charge in [0, 0.05) is 36.0 Å². The molecular weight excluding hydrogens is 302 g/mol. The standard InChI is InChI=1S/C19H23N3O2/c1-4-22(5-2)17-10-9-16(18(23)12-17)13-20-21-19(24)15-8-6-7-14(3)11-15/h6-13,23H,4-5H2,1-3H3,(H,21,24). The van der Waals surface area contributed by atoms with Gasteiger partial charge in [0.05, 0.1) is 6.21 Å². The van der Waals surface area contributed by atoms with Crippen molar-refractivity contribution in [3.63, 3.8) is 0 Å². The zero-order valence-electron chi connectivity index (χ0n) is 14.3. The molecular formula is C19H23N3O2. The van der Waals surface area contributed by atoms with Crippen LogP contribution in [0.5, 0.6) is 5.75 Å². The van der Waals surface area contributed by atoms with Crippen molar-refractivity contribution >= 4 is 17.8 Å². The van der Waals surface area contributed by atoms with Gasteiger partial charge in [0.1, 0.15) is 5.75 Å². The number of nitrogens with one attached hydrogen (secondary N) is 1. The first-order chi connectivity index (χ1) is 11.5. The SMILES string of the molecule is CCN(CC)c1ccc(C=NNC(=O)c2cccc(C)c2)c(O)c1. The lowest BCUT2D eigenvalue weighted by Gasteiger charge is -2.21. The summed E-state index contributed by atoms with van der Waals surface area (Å²) < 4.78 is 0. The lowest BCUT2D eigenvalue weighted by atomic mass is 10.1. The Balaban J connectivity index is 2.05. The van der Waals surface area contributed by atoms with Crippen LogP contribution in [-0.2, 0) is 0 Å². The second-order valence-corrected chi connectivity index (χ2v) is 5.48. The molecule has 5 nitrogen and oxygen atoms in total. The van der Waals surface area contributed by atoms with Gasteiger partial charge in [-0.2, -0.15) is 5.10 Å². The number of anilines is 1. The van der Waals surface area contributed by atoms with Crippen LogP contribution in [0.1, 0.15) is 35.3 Å². The smallest absolute Gasteiger partial charge is 0.271 e. The summed E-state index contributed by atoms with van der Waals surface area (Å²) in [5.41, 5.74) is 5.54. The van der Waals surface area contributed by atoms with Crippen LogP contribution in [-0.4, -0.2) is 30.3 Å². The molecule has 0 unspecified atom stereocenters. The van der Waals surface area contributed by atoms with E-state index in [4.69, 9.17) is 0 Å². The summed E-state index contributed by atoms with van der Waals surface area (Å²) in [6, 6.07) is 12.7. The zero-order valence-corrected chi connectivity index (χ0v) is 14.3. The summed E-state index contributed by atoms with van der Waals surface area (Å²) in [6.07, 6.45) is 1.44. The van der Waals surface area contributed by atoms with Gasteiger partial charge in [-0.05, 0) is 45.0 Å². The van der Waals surface area contributed by atoms with Gasteiger partial charge in [-0.25, -0.2) is 5.43 Å². The molecule has 2 aromatic rings. The molecule has 24 heavy (non-hydrogen) atoms. The van der Waals surface area contributed by atoms with Crippen molar-refractivity contribution in [1.29, 1.82) is 0 Å². The number of phenolic OH excluding ortho intramolecular Hbond substituents is 1. The first kappa shape index (κ1) is 17.5. The van der Waals surface area contributed by atoms with Crippen molar-refractivity contribution in [3.8, 4) is 5.75 Å². The van der Waals surface area contributed by atoms with E-state index in [1.165, 1.54) is 6.21 Å². The number of amides is 1. The van der Waals surface area contributed by atoms with E-state index in [0.29, 0.717) is 11.1 Å². The number of carbonyl (C=O) groups is 1. The predicted molar refractivity (Wildman–Crippen MR) is 97.9 cm³/mol. The van der Waals surface area contributed by atoms with Crippen molar-refractivity contribution in [1.82, 2.24) is 5.43 Å². The number of carbonyl (C=O) groups excluding carboxylic acids is 1. The molecule has 0 aliphatic heterocycles. The van der Waals surface area contributed by atoms with Crippen molar-refractivity contribution in [2.75, 3.05) is 18.0 Å². The molecule has 0 heterocycles. The second kappa shape index (κ2) is 8.15. The van der Waals surface area contributed by atoms with E-state index in [1.807, 2.05) is 25.1 Å². The topological polar surface area (TPSA) is 64.9 Å². The molecule has 0 bridgehead atoms. The number of aromatic hydroxyl groups is 1. The molecule has 0 atom stereocenters. The highest BCUT2D eigenvalue weighted by atomic mass is 16.3. The lowest BCUT2D eigenvalue weighted by Crippen LogP contribution is -2.21. The highest BCUT2D eigenvalue weighted by Crippen LogP contribution is 2.23. The van der Waals surface area contributed by atoms with E-state index in [-0.39, 0.29) is 11.7 Å². The monoisotopic (exact) mass is 325 g/mol. The third-order valence-electron chi connectivity index (χ3n) is 3.79. The minimum absolute atomic E-state index is 0.132. The Hall–Kier alpha value is -2.82. The largest absolute Gasteiger partial charge is 0.507 e. The maximum atomic E-state index is 12.0. The van der Waals surface area contributed by atoms with Crippen LogP contribution in [0.15, 0.2) is 47.6 Å². The highest BCUT2D eigenvalue weighted by molar-refractivity contribution is 5.95. The molecule has 2 rings (SSSR count). The van der Waals surface area contributed by atoms with Gasteiger partial charge in [0.25, 0.3) is 5.91 Å². The van der Waals surface area contributed by atoms with Gasteiger partial charge in [-0.15, -0.1) is 0 Å². The third-order valence-corrected chi connectivity index (χ3v) is 3.79. The molecule has 0 spiro atoms. The first-order valence-electron chi connectivity index (χ1n) is 8.03. The third kappa shape index (κ3) is 4.35. The zero-order chi connectivity index (χ0) is 17.5. The Labute approximate surface area is 142 Å². The molecule has 0 radical (unpaired) electrons. The predicted octanol–water partition coefficient (Wildman–Crippen LogP) is 3.31. The second-order valence-electron chi connectivity index (χ2n) is 5.48. The number of hydrogen-bond donors (Lipinski definition) is 2. The van der Waals surface area contributed by atoms with Crippen LogP contribution in [0, 0.1) is 6.92 Å². The number of hydrogen-bond acceptors (Lipinski definition) is 4. The van der Waals surface area contributed by atoms with Gasteiger partial charge in [-0.3, -0.25) is 4.79 Å². The normalized spacial score (nSPS) is 10.8. The van der Waals surface area contributed by atoms with E-state index in [9.17, 15) is 9.90 Å². The Morgan fingerprint density at radius 3 is 2.58 bits per heavy atom. The summed E-state index contributed by atoms with van der Waals surface area (Å²) in [5.74, 6) is -0.151. The van der Waals surface area contributed by atoms with Crippen LogP contribution >= 0.6 is 0 Å². The molecule has 0 saturated heterocycles. The average molecular weight is 325 g/mol. The van der Waals surface area contributed by atoms with E-state index < -0.39 is 0 Å². The molecule has 0 fully saturated rings. The van der Waals surface area contributed by atoms with Gasteiger partial charge < -0.3 is 10.0 Å². The van der Waals surface area contributed by atoms with E-state index in [1.54, 1.807) is 24.3 Å². The van der Waals surface area contributed by atoms with Crippen molar-refractivity contribution in [3.05, 3.63) is 59.2 Å². The van der Waals surface area contributed by atoms with Crippen molar-refractivity contribution in [2.24, 2.45) is 5.10 Å². The lowest BCUT2D eigenvalue weighted by molar-refractivity contribution is 0.0955. The molecule has 0 aliphatic carbocycles. The molecule has 5 heteroatoms. The summed E-state index contributed by atoms with van der Waals surface area (Å²) in [4.78, 5) is 14.1. The Morgan fingerprint density at radius 2 is 1.96 bits per heavy atom. The van der Waals surface area contributed by atoms with Crippen LogP contribution in [0.4, 0.5) is 5.69 Å². The minimum Gasteiger partial charge on any atom is -0.507 e. The van der Waals surface area contributed by atoms with Gasteiger partial charge in [0.15, 0.2) is 0 Å². The van der Waals surface area contributed by atoms with E-state index in [2.05, 4.69) is 29.3 Å². The van der Waals surface area contributed by atoms with Gasteiger partial charge in [0.2, 0.25) is 0 Å². The quantitative estimate of drug-likeness (QED) is 0.632. The Morgan fingerprint density at radius 1 is 1.21 bits per heavy atom. The summed E-state index contributed by atoms with van der Waals surface area (Å²) in [5, 5.41) is 14.0. The fourth-order valence-corrected chi connectivity index (χ4v) is 2.44. The molecule has 2 aromatic carbocycles. The van der Waals surface area contributed by atoms with Crippen LogP contribution in [0.25, 0.3) is 0 Å². The highest BCUT2D eigenvalue weighted by Gasteiger charge is 2.06. The van der Waals surface area contributed by atoms with Crippen molar-refractivity contribution < 1.29 is 9.90 Å². The summed E-state index contributed by atoms with van der Waals surface area (Å²) in [7, 11) is 0. The fraction of sp³-hybridized carbons (Fsp3) is 0.263. The summed E-state index contributed by atoms with van der Waals surface area (Å²) in [6.45, 7) is 7.80. The van der Waals surface area contributed by atoms with Gasteiger partial charge >= 0.3 is 0 Å². The molecule has 126 valence electrons. The molecule has 0 saturated carbocycles. The number of benzene rings is 2. The number of hydrazone groups is 1. The number of nitrogens with zero attached hydrogens (tertiary/aromatic N) is 2. The molecule has 1 amide bonds.